The summed E-state index contributed by atoms with van der Waals surface area (Å²) in [5.74, 6) is 0.374. The molecule has 188 valence electrons. The molecule has 0 aliphatic heterocycles. The number of benzene rings is 1. The average Bonchev–Trinajstić information content (AvgIpc) is 3.81. The number of pyridine rings is 1. The summed E-state index contributed by atoms with van der Waals surface area (Å²) >= 11 is 1.34. The van der Waals surface area contributed by atoms with Crippen molar-refractivity contribution in [2.75, 3.05) is 13.7 Å². The molecule has 2 aliphatic carbocycles. The number of hydrogen-bond acceptors (Lipinski definition) is 6. The van der Waals surface area contributed by atoms with E-state index in [4.69, 9.17) is 4.74 Å². The Morgan fingerprint density at radius 3 is 2.64 bits per heavy atom. The number of carboxylic acid groups (broad SMARTS) is 1. The van der Waals surface area contributed by atoms with Gasteiger partial charge in [0.2, 0.25) is 5.91 Å². The number of aromatic nitrogens is 2. The highest BCUT2D eigenvalue weighted by atomic mass is 32.1. The van der Waals surface area contributed by atoms with E-state index in [-0.39, 0.29) is 11.6 Å². The lowest BCUT2D eigenvalue weighted by molar-refractivity contribution is -0.134. The summed E-state index contributed by atoms with van der Waals surface area (Å²) in [4.78, 5) is 36.8. The number of carboxylic acids is 1. The normalized spacial score (nSPS) is 15.9. The molecule has 8 heteroatoms. The monoisotopic (exact) mass is 505 g/mol. The van der Waals surface area contributed by atoms with Gasteiger partial charge in [-0.25, -0.2) is 9.78 Å². The summed E-state index contributed by atoms with van der Waals surface area (Å²) in [7, 11) is 1.60. The predicted molar refractivity (Wildman–Crippen MR) is 138 cm³/mol. The Morgan fingerprint density at radius 2 is 2.03 bits per heavy atom. The molecular weight excluding hydrogens is 474 g/mol. The molecule has 0 atom stereocenters. The third kappa shape index (κ3) is 5.14. The van der Waals surface area contributed by atoms with Gasteiger partial charge in [-0.05, 0) is 74.6 Å². The molecule has 2 heterocycles. The fourth-order valence-electron chi connectivity index (χ4n) is 4.82. The Hall–Kier alpha value is -3.26. The Morgan fingerprint density at radius 1 is 1.22 bits per heavy atom. The maximum atomic E-state index is 13.9. The largest absolute Gasteiger partial charge is 0.495 e. The summed E-state index contributed by atoms with van der Waals surface area (Å²) in [6.45, 7) is 2.64. The fraction of sp³-hybridized carbons (Fsp3) is 0.429. The van der Waals surface area contributed by atoms with E-state index in [0.717, 1.165) is 31.4 Å². The fourth-order valence-corrected chi connectivity index (χ4v) is 5.76. The van der Waals surface area contributed by atoms with Crippen LogP contribution < -0.4 is 4.74 Å². The van der Waals surface area contributed by atoms with Crippen LogP contribution in [0.1, 0.15) is 75.2 Å². The molecule has 1 amide bonds. The number of ether oxygens (including phenoxy) is 1. The van der Waals surface area contributed by atoms with Gasteiger partial charge in [0.05, 0.1) is 31.0 Å². The summed E-state index contributed by atoms with van der Waals surface area (Å²) < 4.78 is 5.23. The molecule has 3 aromatic rings. The van der Waals surface area contributed by atoms with Gasteiger partial charge in [-0.15, -0.1) is 11.3 Å². The topological polar surface area (TPSA) is 92.6 Å². The molecule has 5 rings (SSSR count). The number of rotatable bonds is 11. The highest BCUT2D eigenvalue weighted by molar-refractivity contribution is 7.11. The molecule has 2 aliphatic rings. The van der Waals surface area contributed by atoms with Gasteiger partial charge < -0.3 is 14.7 Å². The van der Waals surface area contributed by atoms with Crippen LogP contribution in [0, 0.1) is 6.92 Å². The van der Waals surface area contributed by atoms with Gasteiger partial charge in [-0.2, -0.15) is 0 Å². The number of nitrogens with zero attached hydrogens (tertiary/aromatic N) is 3. The van der Waals surface area contributed by atoms with E-state index in [2.05, 4.69) is 34.2 Å². The van der Waals surface area contributed by atoms with Crippen molar-refractivity contribution in [1.82, 2.24) is 14.9 Å². The van der Waals surface area contributed by atoms with Gasteiger partial charge in [0.15, 0.2) is 5.69 Å². The Kier molecular flexibility index (Phi) is 6.79. The van der Waals surface area contributed by atoms with Crippen molar-refractivity contribution in [2.24, 2.45) is 0 Å². The van der Waals surface area contributed by atoms with Crippen LogP contribution in [0.3, 0.4) is 0 Å². The maximum absolute atomic E-state index is 13.9. The lowest BCUT2D eigenvalue weighted by atomic mass is 9.99. The zero-order chi connectivity index (χ0) is 25.3. The van der Waals surface area contributed by atoms with E-state index in [1.54, 1.807) is 20.2 Å². The number of hydrogen-bond donors (Lipinski definition) is 1. The highest BCUT2D eigenvalue weighted by Gasteiger charge is 2.54. The second kappa shape index (κ2) is 10.0. The van der Waals surface area contributed by atoms with E-state index in [1.165, 1.54) is 35.3 Å². The number of methoxy groups -OCH3 is 1. The second-order valence-corrected chi connectivity index (χ2v) is 11.1. The van der Waals surface area contributed by atoms with Gasteiger partial charge in [0, 0.05) is 11.4 Å². The number of aryl methyl sites for hydroxylation is 2. The molecule has 0 unspecified atom stereocenters. The van der Waals surface area contributed by atoms with E-state index in [9.17, 15) is 14.7 Å². The van der Waals surface area contributed by atoms with Gasteiger partial charge in [0.1, 0.15) is 10.8 Å². The van der Waals surface area contributed by atoms with Crippen LogP contribution in [0.15, 0.2) is 42.6 Å². The third-order valence-corrected chi connectivity index (χ3v) is 8.13. The molecule has 0 bridgehead atoms. The number of amides is 1. The number of carbonyl (C=O) groups is 2. The van der Waals surface area contributed by atoms with Crippen LogP contribution in [-0.4, -0.2) is 45.5 Å². The van der Waals surface area contributed by atoms with Crippen molar-refractivity contribution in [3.8, 4) is 5.75 Å². The summed E-state index contributed by atoms with van der Waals surface area (Å²) in [6, 6.07) is 12.5. The van der Waals surface area contributed by atoms with Crippen molar-refractivity contribution in [1.29, 1.82) is 0 Å². The number of thiazole rings is 1. The van der Waals surface area contributed by atoms with Gasteiger partial charge in [-0.3, -0.25) is 9.78 Å². The van der Waals surface area contributed by atoms with Crippen LogP contribution >= 0.6 is 11.3 Å². The lowest BCUT2D eigenvalue weighted by Crippen LogP contribution is -2.40. The minimum atomic E-state index is -1.04. The van der Waals surface area contributed by atoms with Crippen molar-refractivity contribution in [3.63, 3.8) is 0 Å². The molecular formula is C28H31N3O4S. The maximum Gasteiger partial charge on any atom is 0.355 e. The smallest absolute Gasteiger partial charge is 0.355 e. The molecule has 0 saturated heterocycles. The first kappa shape index (κ1) is 24.4. The second-order valence-electron chi connectivity index (χ2n) is 9.83. The quantitative estimate of drug-likeness (QED) is 0.389. The van der Waals surface area contributed by atoms with Gasteiger partial charge >= 0.3 is 5.97 Å². The standard InChI is InChI=1S/C28H31N3O4S/c1-18-25(26(32)33)30-24(36-18)17-31(14-4-6-19-5-3-7-21(15-19)20-8-9-20)27(34)28(12-13-28)23-11-10-22(35-2)16-29-23/h3,5,7,10-11,15-16,20H,4,6,8-9,12-14,17H2,1-2H3,(H,32,33). The predicted octanol–water partition coefficient (Wildman–Crippen LogP) is 5.12. The van der Waals surface area contributed by atoms with Crippen LogP contribution in [0.4, 0.5) is 0 Å². The molecule has 1 aromatic carbocycles. The Labute approximate surface area is 215 Å². The van der Waals surface area contributed by atoms with E-state index < -0.39 is 11.4 Å². The number of carbonyl (C=O) groups excluding carboxylic acids is 1. The van der Waals surface area contributed by atoms with Crippen LogP contribution in [0.5, 0.6) is 5.75 Å². The molecule has 2 aromatic heterocycles. The van der Waals surface area contributed by atoms with E-state index in [0.29, 0.717) is 34.6 Å². The lowest BCUT2D eigenvalue weighted by Gasteiger charge is -2.27. The molecule has 36 heavy (non-hydrogen) atoms. The summed E-state index contributed by atoms with van der Waals surface area (Å²) in [6.07, 6.45) is 7.42. The minimum absolute atomic E-state index is 0.0385. The van der Waals surface area contributed by atoms with Crippen molar-refractivity contribution >= 4 is 23.2 Å². The van der Waals surface area contributed by atoms with Crippen molar-refractivity contribution < 1.29 is 19.4 Å². The first-order valence-corrected chi connectivity index (χ1v) is 13.3. The van der Waals surface area contributed by atoms with Crippen molar-refractivity contribution in [2.45, 2.75) is 63.3 Å². The molecule has 0 spiro atoms. The molecule has 2 fully saturated rings. The zero-order valence-electron chi connectivity index (χ0n) is 20.7. The Bertz CT molecular complexity index is 1260. The van der Waals surface area contributed by atoms with Crippen LogP contribution in [0.25, 0.3) is 0 Å². The first-order chi connectivity index (χ1) is 17.4. The third-order valence-electron chi connectivity index (χ3n) is 7.17. The van der Waals surface area contributed by atoms with Crippen molar-refractivity contribution in [3.05, 3.63) is 75.0 Å². The van der Waals surface area contributed by atoms with E-state index >= 15 is 0 Å². The minimum Gasteiger partial charge on any atom is -0.495 e. The first-order valence-electron chi connectivity index (χ1n) is 12.5. The van der Waals surface area contributed by atoms with E-state index in [1.807, 2.05) is 17.0 Å². The molecule has 2 saturated carbocycles. The zero-order valence-corrected chi connectivity index (χ0v) is 21.5. The van der Waals surface area contributed by atoms with Crippen LogP contribution in [0.2, 0.25) is 0 Å². The molecule has 0 radical (unpaired) electrons. The highest BCUT2D eigenvalue weighted by Crippen LogP contribution is 2.49. The SMILES string of the molecule is COc1ccc(C2(C(=O)N(CCCc3cccc(C4CC4)c3)Cc3nc(C(=O)O)c(C)s3)CC2)nc1. The molecule has 1 N–H and O–H groups in total. The number of aromatic carboxylic acids is 1. The molecule has 7 nitrogen and oxygen atoms in total. The van der Waals surface area contributed by atoms with Gasteiger partial charge in [-0.1, -0.05) is 24.3 Å². The average molecular weight is 506 g/mol. The summed E-state index contributed by atoms with van der Waals surface area (Å²) in [5, 5.41) is 10.1. The Balaban J connectivity index is 1.34. The van der Waals surface area contributed by atoms with Crippen LogP contribution in [-0.2, 0) is 23.2 Å². The van der Waals surface area contributed by atoms with Gasteiger partial charge in [0.25, 0.3) is 0 Å². The summed E-state index contributed by atoms with van der Waals surface area (Å²) in [5.41, 5.74) is 2.92.